The van der Waals surface area contributed by atoms with Crippen LogP contribution in [0.25, 0.3) is 10.9 Å². The molecule has 1 aliphatic heterocycles. The van der Waals surface area contributed by atoms with Crippen molar-refractivity contribution in [3.05, 3.63) is 93.7 Å². The van der Waals surface area contributed by atoms with Crippen LogP contribution >= 0.6 is 11.3 Å². The van der Waals surface area contributed by atoms with Crippen LogP contribution < -0.4 is 10.6 Å². The number of H-pyrrole nitrogens is 1. The molecule has 0 spiro atoms. The molecule has 0 aliphatic carbocycles. The van der Waals surface area contributed by atoms with Crippen LogP contribution in [0.2, 0.25) is 0 Å². The number of nitrogens with zero attached hydrogens (tertiary/aromatic N) is 2. The summed E-state index contributed by atoms with van der Waals surface area (Å²) in [5, 5.41) is 16.0. The topological polar surface area (TPSA) is 82.2 Å². The number of aliphatic imine (C=N–C) groups is 1. The van der Waals surface area contributed by atoms with Gasteiger partial charge in [0.15, 0.2) is 0 Å². The Morgan fingerprint density at radius 2 is 2.00 bits per heavy atom. The van der Waals surface area contributed by atoms with E-state index in [1.165, 1.54) is 12.1 Å². The van der Waals surface area contributed by atoms with E-state index >= 15 is 0 Å². The predicted molar refractivity (Wildman–Crippen MR) is 121 cm³/mol. The number of allylic oxidation sites excluding steroid dienone is 1. The highest BCUT2D eigenvalue weighted by Crippen LogP contribution is 2.33. The van der Waals surface area contributed by atoms with E-state index in [2.05, 4.69) is 20.8 Å². The Bertz CT molecular complexity index is 1320. The van der Waals surface area contributed by atoms with Crippen molar-refractivity contribution >= 4 is 39.7 Å². The van der Waals surface area contributed by atoms with E-state index in [4.69, 9.17) is 4.99 Å². The van der Waals surface area contributed by atoms with Crippen molar-refractivity contribution < 1.29 is 9.18 Å². The highest BCUT2D eigenvalue weighted by Gasteiger charge is 2.30. The summed E-state index contributed by atoms with van der Waals surface area (Å²) in [6.45, 7) is 1.85. The smallest absolute Gasteiger partial charge is 0.255 e. The second-order valence-corrected chi connectivity index (χ2v) is 8.15. The van der Waals surface area contributed by atoms with Crippen LogP contribution in [0.15, 0.2) is 82.4 Å². The van der Waals surface area contributed by atoms with E-state index in [1.807, 2.05) is 42.6 Å². The van der Waals surface area contributed by atoms with E-state index in [9.17, 15) is 9.18 Å². The second kappa shape index (κ2) is 7.81. The maximum atomic E-state index is 13.5. The van der Waals surface area contributed by atoms with Crippen molar-refractivity contribution in [3.8, 4) is 0 Å². The third kappa shape index (κ3) is 3.73. The molecule has 0 bridgehead atoms. The van der Waals surface area contributed by atoms with Gasteiger partial charge in [-0.15, -0.1) is 11.3 Å². The number of carbonyl (C=O) groups excluding carboxylic acids is 1. The molecule has 1 unspecified atom stereocenters. The van der Waals surface area contributed by atoms with Gasteiger partial charge in [-0.1, -0.05) is 18.2 Å². The van der Waals surface area contributed by atoms with Gasteiger partial charge in [-0.25, -0.2) is 4.39 Å². The fourth-order valence-corrected chi connectivity index (χ4v) is 4.29. The van der Waals surface area contributed by atoms with Crippen molar-refractivity contribution in [1.82, 2.24) is 15.5 Å². The number of anilines is 1. The van der Waals surface area contributed by atoms with Gasteiger partial charge < -0.3 is 10.6 Å². The number of nitrogens with one attached hydrogen (secondary N) is 3. The zero-order valence-electron chi connectivity index (χ0n) is 16.5. The lowest BCUT2D eigenvalue weighted by Crippen LogP contribution is -2.33. The minimum atomic E-state index is -0.559. The second-order valence-electron chi connectivity index (χ2n) is 7.20. The summed E-state index contributed by atoms with van der Waals surface area (Å²) in [7, 11) is 0. The molecule has 1 atom stereocenters. The van der Waals surface area contributed by atoms with Gasteiger partial charge in [0.05, 0.1) is 22.2 Å². The Balaban J connectivity index is 1.51. The Hall–Kier alpha value is -3.78. The van der Waals surface area contributed by atoms with Gasteiger partial charge >= 0.3 is 0 Å². The van der Waals surface area contributed by atoms with E-state index in [0.29, 0.717) is 22.8 Å². The van der Waals surface area contributed by atoms with E-state index in [-0.39, 0.29) is 11.7 Å². The van der Waals surface area contributed by atoms with Gasteiger partial charge in [-0.05, 0) is 54.3 Å². The maximum absolute atomic E-state index is 13.5. The summed E-state index contributed by atoms with van der Waals surface area (Å²) < 4.78 is 13.5. The number of aromatic amines is 1. The number of aromatic nitrogens is 2. The Morgan fingerprint density at radius 3 is 2.77 bits per heavy atom. The van der Waals surface area contributed by atoms with Crippen LogP contribution in [-0.2, 0) is 4.79 Å². The van der Waals surface area contributed by atoms with Crippen molar-refractivity contribution in [1.29, 1.82) is 0 Å². The number of fused-ring (bicyclic) bond motifs is 1. The minimum absolute atomic E-state index is 0.267. The lowest BCUT2D eigenvalue weighted by molar-refractivity contribution is -0.113. The van der Waals surface area contributed by atoms with E-state index < -0.39 is 6.04 Å². The summed E-state index contributed by atoms with van der Waals surface area (Å²) in [5.74, 6) is 0.0922. The number of carbonyl (C=O) groups is 1. The number of amidine groups is 1. The molecule has 154 valence electrons. The van der Waals surface area contributed by atoms with E-state index in [0.717, 1.165) is 21.3 Å². The first-order valence-corrected chi connectivity index (χ1v) is 10.6. The molecule has 3 heterocycles. The van der Waals surface area contributed by atoms with Gasteiger partial charge in [-0.2, -0.15) is 5.10 Å². The lowest BCUT2D eigenvalue weighted by Gasteiger charge is -2.26. The van der Waals surface area contributed by atoms with Gasteiger partial charge in [0.2, 0.25) is 0 Å². The van der Waals surface area contributed by atoms with Crippen LogP contribution in [-0.4, -0.2) is 21.9 Å². The quantitative estimate of drug-likeness (QED) is 0.435. The maximum Gasteiger partial charge on any atom is 0.255 e. The third-order valence-corrected chi connectivity index (χ3v) is 6.00. The normalized spacial score (nSPS) is 16.2. The minimum Gasteiger partial charge on any atom is -0.343 e. The molecule has 4 aromatic rings. The highest BCUT2D eigenvalue weighted by atomic mass is 32.1. The van der Waals surface area contributed by atoms with Crippen LogP contribution in [0.5, 0.6) is 0 Å². The third-order valence-electron chi connectivity index (χ3n) is 5.12. The van der Waals surface area contributed by atoms with Crippen LogP contribution in [0.3, 0.4) is 0 Å². The summed E-state index contributed by atoms with van der Waals surface area (Å²) >= 11 is 1.56. The SMILES string of the molecule is CC1=C(C(=O)Nc2ccc3[nH]ncc3c2)C(c2ccc(F)cc2)N=C(c2cccs2)N1. The summed E-state index contributed by atoms with van der Waals surface area (Å²) in [5.41, 5.74) is 3.48. The lowest BCUT2D eigenvalue weighted by atomic mass is 9.95. The Kier molecular flexibility index (Phi) is 4.83. The first kappa shape index (κ1) is 19.2. The number of thiophene rings is 1. The Labute approximate surface area is 181 Å². The van der Waals surface area contributed by atoms with Crippen molar-refractivity contribution in [3.63, 3.8) is 0 Å². The monoisotopic (exact) mass is 431 g/mol. The van der Waals surface area contributed by atoms with Gasteiger partial charge in [-0.3, -0.25) is 14.9 Å². The number of benzene rings is 2. The summed E-state index contributed by atoms with van der Waals surface area (Å²) in [4.78, 5) is 19.1. The zero-order chi connectivity index (χ0) is 21.4. The van der Waals surface area contributed by atoms with E-state index in [1.54, 1.807) is 29.7 Å². The molecule has 31 heavy (non-hydrogen) atoms. The number of halogens is 1. The van der Waals surface area contributed by atoms with Gasteiger partial charge in [0.25, 0.3) is 5.91 Å². The fraction of sp³-hybridized carbons (Fsp3) is 0.0870. The molecular formula is C23H18FN5OS. The van der Waals surface area contributed by atoms with Crippen LogP contribution in [0.4, 0.5) is 10.1 Å². The largest absolute Gasteiger partial charge is 0.343 e. The van der Waals surface area contributed by atoms with Crippen molar-refractivity contribution in [2.75, 3.05) is 5.32 Å². The highest BCUT2D eigenvalue weighted by molar-refractivity contribution is 7.12. The summed E-state index contributed by atoms with van der Waals surface area (Å²) in [6, 6.07) is 15.0. The van der Waals surface area contributed by atoms with Gasteiger partial charge in [0.1, 0.15) is 17.7 Å². The Morgan fingerprint density at radius 1 is 1.16 bits per heavy atom. The molecule has 6 nitrogen and oxygen atoms in total. The number of rotatable bonds is 4. The molecule has 0 radical (unpaired) electrons. The average molecular weight is 431 g/mol. The molecule has 2 aromatic heterocycles. The zero-order valence-corrected chi connectivity index (χ0v) is 17.3. The van der Waals surface area contributed by atoms with Crippen LogP contribution in [0, 0.1) is 5.82 Å². The molecule has 5 rings (SSSR count). The fourth-order valence-electron chi connectivity index (χ4n) is 3.61. The van der Waals surface area contributed by atoms with Crippen LogP contribution in [0.1, 0.15) is 23.4 Å². The van der Waals surface area contributed by atoms with Crippen molar-refractivity contribution in [2.24, 2.45) is 4.99 Å². The molecule has 8 heteroatoms. The molecule has 0 fully saturated rings. The first-order chi connectivity index (χ1) is 15.1. The molecular weight excluding hydrogens is 413 g/mol. The molecule has 1 aliphatic rings. The van der Waals surface area contributed by atoms with Crippen molar-refractivity contribution in [2.45, 2.75) is 13.0 Å². The number of hydrogen-bond donors (Lipinski definition) is 3. The molecule has 0 saturated heterocycles. The molecule has 1 amide bonds. The average Bonchev–Trinajstić information content (AvgIpc) is 3.45. The molecule has 2 aromatic carbocycles. The van der Waals surface area contributed by atoms with Gasteiger partial charge in [0, 0.05) is 16.8 Å². The standard InChI is InChI=1S/C23H18FN5OS/c1-13-20(23(30)27-17-8-9-18-15(11-17)12-25-29-18)21(14-4-6-16(24)7-5-14)28-22(26-13)19-3-2-10-31-19/h2-12,21H,1H3,(H,25,29)(H,26,28)(H,27,30). The first-order valence-electron chi connectivity index (χ1n) is 9.68. The number of hydrogen-bond acceptors (Lipinski definition) is 5. The number of amides is 1. The molecule has 0 saturated carbocycles. The molecule has 3 N–H and O–H groups in total. The summed E-state index contributed by atoms with van der Waals surface area (Å²) in [6.07, 6.45) is 1.70. The predicted octanol–water partition coefficient (Wildman–Crippen LogP) is 4.77.